The van der Waals surface area contributed by atoms with E-state index in [1.165, 1.54) is 6.01 Å². The number of rotatable bonds is 1. The van der Waals surface area contributed by atoms with Crippen LogP contribution in [-0.2, 0) is 4.84 Å². The predicted octanol–water partition coefficient (Wildman–Crippen LogP) is 1.03. The Morgan fingerprint density at radius 3 is 2.71 bits per heavy atom. The van der Waals surface area contributed by atoms with E-state index in [-0.39, 0.29) is 0 Å². The summed E-state index contributed by atoms with van der Waals surface area (Å²) in [6, 6.07) is 1.45. The lowest BCUT2D eigenvalue weighted by molar-refractivity contribution is 0.179. The van der Waals surface area contributed by atoms with Crippen molar-refractivity contribution >= 4 is 23.0 Å². The van der Waals surface area contributed by atoms with Gasteiger partial charge in [0.25, 0.3) is 0 Å². The van der Waals surface area contributed by atoms with Crippen molar-refractivity contribution in [2.24, 2.45) is 5.16 Å². The Labute approximate surface area is 44.2 Å². The van der Waals surface area contributed by atoms with Crippen molar-refractivity contribution in [1.82, 2.24) is 0 Å². The molecule has 0 amide bonds. The molecule has 0 aliphatic carbocycles. The summed E-state index contributed by atoms with van der Waals surface area (Å²) in [6.07, 6.45) is 0. The first kappa shape index (κ1) is 6.14. The van der Waals surface area contributed by atoms with Crippen LogP contribution < -0.4 is 0 Å². The van der Waals surface area contributed by atoms with Gasteiger partial charge in [0.2, 0.25) is 0 Å². The van der Waals surface area contributed by atoms with Crippen molar-refractivity contribution in [3.63, 3.8) is 0 Å². The first-order chi connectivity index (χ1) is 3.27. The maximum Gasteiger partial charge on any atom is 0.430 e. The zero-order valence-corrected chi connectivity index (χ0v) is 3.90. The van der Waals surface area contributed by atoms with Crippen LogP contribution in [0.15, 0.2) is 5.16 Å². The monoisotopic (exact) mass is 120 g/mol. The topological polar surface area (TPSA) is 62.5 Å². The molecule has 0 saturated heterocycles. The molecular weight excluding hydrogens is 119 g/mol. The molecule has 0 atom stereocenters. The highest BCUT2D eigenvalue weighted by atomic mass is 35.5. The summed E-state index contributed by atoms with van der Waals surface area (Å²) in [4.78, 5) is 13.2. The number of hydrogen-bond donors (Lipinski definition) is 1. The summed E-state index contributed by atoms with van der Waals surface area (Å²) < 4.78 is 0. The number of carbonyl (C=O) groups excluding carboxylic acids is 1. The fraction of sp³-hybridized carbons (Fsp3) is 0. The molecular formula is C2HClN2O2. The maximum atomic E-state index is 9.53. The number of nitrogens with one attached hydrogen (secondary N) is 1. The molecule has 0 aliphatic rings. The average Bonchev–Trinajstić information content (AvgIpc) is 1.61. The van der Waals surface area contributed by atoms with Crippen molar-refractivity contribution in [3.8, 4) is 0 Å². The molecule has 0 radical (unpaired) electrons. The van der Waals surface area contributed by atoms with Crippen LogP contribution in [0.5, 0.6) is 0 Å². The Kier molecular flexibility index (Phi) is 2.92. The fourth-order valence-corrected chi connectivity index (χ4v) is 0.0932. The van der Waals surface area contributed by atoms with Crippen molar-refractivity contribution in [1.29, 1.82) is 5.41 Å². The van der Waals surface area contributed by atoms with Gasteiger partial charge in [0.15, 0.2) is 0 Å². The molecule has 5 heteroatoms. The third-order valence-corrected chi connectivity index (χ3v) is 0.232. The molecule has 0 fully saturated rings. The van der Waals surface area contributed by atoms with Gasteiger partial charge < -0.3 is 0 Å². The fourth-order valence-electron chi connectivity index (χ4n) is 0.0587. The minimum absolute atomic E-state index is 1.07. The highest BCUT2D eigenvalue weighted by Crippen LogP contribution is 1.83. The molecule has 0 heterocycles. The summed E-state index contributed by atoms with van der Waals surface area (Å²) in [5.41, 5.74) is -1.07. The van der Waals surface area contributed by atoms with Crippen LogP contribution >= 0.6 is 11.6 Å². The number of nitrogens with zero attached hydrogens (tertiary/aromatic N) is 1. The van der Waals surface area contributed by atoms with Crippen molar-refractivity contribution in [3.05, 3.63) is 0 Å². The summed E-state index contributed by atoms with van der Waals surface area (Å²) >= 11 is 4.58. The third kappa shape index (κ3) is 5.14. The molecule has 0 aromatic carbocycles. The normalized spacial score (nSPS) is 6.43. The zero-order valence-electron chi connectivity index (χ0n) is 3.14. The van der Waals surface area contributed by atoms with Gasteiger partial charge in [0, 0.05) is 11.6 Å². The molecule has 0 spiro atoms. The average molecular weight is 120 g/mol. The Bertz CT molecular complexity index is 117. The highest BCUT2D eigenvalue weighted by molar-refractivity contribution is 6.61. The van der Waals surface area contributed by atoms with Crippen LogP contribution in [0.2, 0.25) is 0 Å². The molecule has 0 aromatic heterocycles. The van der Waals surface area contributed by atoms with E-state index in [4.69, 9.17) is 5.41 Å². The molecule has 0 saturated carbocycles. The van der Waals surface area contributed by atoms with Gasteiger partial charge in [-0.3, -0.25) is 4.84 Å². The molecule has 0 aromatic rings. The molecule has 4 nitrogen and oxygen atoms in total. The summed E-state index contributed by atoms with van der Waals surface area (Å²) in [5.74, 6) is 0. The lowest BCUT2D eigenvalue weighted by Crippen LogP contribution is -1.80. The lowest BCUT2D eigenvalue weighted by Gasteiger charge is -1.76. The van der Waals surface area contributed by atoms with Crippen LogP contribution in [0.4, 0.5) is 4.79 Å². The Hall–Kier alpha value is -0.860. The van der Waals surface area contributed by atoms with E-state index in [1.807, 2.05) is 0 Å². The molecule has 0 unspecified atom stereocenters. The maximum absolute atomic E-state index is 9.53. The number of hydrogen-bond acceptors (Lipinski definition) is 4. The summed E-state index contributed by atoms with van der Waals surface area (Å²) in [7, 11) is 0. The standard InChI is InChI=1S/C2HClN2O2/c3-2(6)7-5-1-4/h4H. The van der Waals surface area contributed by atoms with Gasteiger partial charge in [-0.2, -0.15) is 0 Å². The van der Waals surface area contributed by atoms with Crippen molar-refractivity contribution < 1.29 is 9.63 Å². The molecule has 0 aliphatic heterocycles. The van der Waals surface area contributed by atoms with Gasteiger partial charge in [0.05, 0.1) is 0 Å². The molecule has 0 bridgehead atoms. The number of carbonyl (C=O) groups is 1. The van der Waals surface area contributed by atoms with Gasteiger partial charge in [-0.25, -0.2) is 10.2 Å². The van der Waals surface area contributed by atoms with Crippen LogP contribution in [-0.4, -0.2) is 11.4 Å². The van der Waals surface area contributed by atoms with E-state index in [0.717, 1.165) is 0 Å². The highest BCUT2D eigenvalue weighted by Gasteiger charge is 1.87. The Morgan fingerprint density at radius 2 is 2.57 bits per heavy atom. The minimum Gasteiger partial charge on any atom is -0.292 e. The quantitative estimate of drug-likeness (QED) is 0.243. The second-order valence-electron chi connectivity index (χ2n) is 0.532. The van der Waals surface area contributed by atoms with Crippen molar-refractivity contribution in [2.45, 2.75) is 0 Å². The first-order valence-electron chi connectivity index (χ1n) is 1.25. The summed E-state index contributed by atoms with van der Waals surface area (Å²) in [6.45, 7) is 0. The van der Waals surface area contributed by atoms with Crippen LogP contribution in [0.1, 0.15) is 0 Å². The second-order valence-corrected chi connectivity index (χ2v) is 0.841. The lowest BCUT2D eigenvalue weighted by atomic mass is 11.5. The van der Waals surface area contributed by atoms with Crippen LogP contribution in [0.3, 0.4) is 0 Å². The van der Waals surface area contributed by atoms with Gasteiger partial charge in [-0.15, -0.1) is 0 Å². The van der Waals surface area contributed by atoms with Gasteiger partial charge in [-0.1, -0.05) is 0 Å². The second kappa shape index (κ2) is 3.33. The van der Waals surface area contributed by atoms with Crippen LogP contribution in [0, 0.1) is 5.41 Å². The SMILES string of the molecule is N=C=NOC(=O)Cl. The van der Waals surface area contributed by atoms with Gasteiger partial charge in [0.1, 0.15) is 6.01 Å². The molecule has 38 valence electrons. The first-order valence-corrected chi connectivity index (χ1v) is 1.63. The molecule has 1 N–H and O–H groups in total. The van der Waals surface area contributed by atoms with Crippen molar-refractivity contribution in [2.75, 3.05) is 0 Å². The molecule has 7 heavy (non-hydrogen) atoms. The minimum atomic E-state index is -1.07. The Balaban J connectivity index is 3.32. The number of halogens is 1. The van der Waals surface area contributed by atoms with E-state index in [9.17, 15) is 4.79 Å². The smallest absolute Gasteiger partial charge is 0.292 e. The molecule has 0 rings (SSSR count). The Morgan fingerprint density at radius 1 is 2.00 bits per heavy atom. The van der Waals surface area contributed by atoms with E-state index >= 15 is 0 Å². The predicted molar refractivity (Wildman–Crippen MR) is 22.5 cm³/mol. The van der Waals surface area contributed by atoms with Gasteiger partial charge in [-0.05, 0) is 5.16 Å². The van der Waals surface area contributed by atoms with Gasteiger partial charge >= 0.3 is 5.43 Å². The van der Waals surface area contributed by atoms with E-state index in [0.29, 0.717) is 0 Å². The van der Waals surface area contributed by atoms with E-state index in [2.05, 4.69) is 21.6 Å². The van der Waals surface area contributed by atoms with E-state index in [1.54, 1.807) is 0 Å². The zero-order chi connectivity index (χ0) is 5.70. The largest absolute Gasteiger partial charge is 0.430 e. The van der Waals surface area contributed by atoms with Crippen LogP contribution in [0.25, 0.3) is 0 Å². The van der Waals surface area contributed by atoms with E-state index < -0.39 is 5.43 Å². The summed E-state index contributed by atoms with van der Waals surface area (Å²) in [5, 5.41) is 8.65. The third-order valence-electron chi connectivity index (χ3n) is 0.163.